The van der Waals surface area contributed by atoms with E-state index in [9.17, 15) is 4.39 Å². The highest BCUT2D eigenvalue weighted by Crippen LogP contribution is 2.22. The molecule has 1 aromatic carbocycles. The van der Waals surface area contributed by atoms with Crippen LogP contribution in [0.2, 0.25) is 5.02 Å². The fraction of sp³-hybridized carbons (Fsp3) is 0.500. The van der Waals surface area contributed by atoms with Gasteiger partial charge in [-0.05, 0) is 36.0 Å². The van der Waals surface area contributed by atoms with E-state index in [0.717, 1.165) is 17.3 Å². The molecular weight excluding hydrogens is 278 g/mol. The molecule has 1 aromatic rings. The molecule has 0 fully saturated rings. The van der Waals surface area contributed by atoms with Crippen LogP contribution in [-0.2, 0) is 6.42 Å². The Kier molecular flexibility index (Phi) is 5.07. The summed E-state index contributed by atoms with van der Waals surface area (Å²) in [5.74, 6) is 0.820. The Morgan fingerprint density at radius 2 is 2.07 bits per heavy atom. The second kappa shape index (κ2) is 5.86. The molecule has 0 aliphatic carbocycles. The molecule has 1 atom stereocenters. The van der Waals surface area contributed by atoms with Crippen LogP contribution in [0, 0.1) is 17.7 Å². The molecule has 0 aromatic heterocycles. The Labute approximate surface area is 104 Å². The van der Waals surface area contributed by atoms with Crippen molar-refractivity contribution in [3.05, 3.63) is 34.6 Å². The maximum absolute atomic E-state index is 12.9. The summed E-state index contributed by atoms with van der Waals surface area (Å²) in [6.07, 6.45) is 0.933. The average Bonchev–Trinajstić information content (AvgIpc) is 2.19. The molecule has 0 saturated carbocycles. The van der Waals surface area contributed by atoms with Gasteiger partial charge in [-0.3, -0.25) is 0 Å². The van der Waals surface area contributed by atoms with Gasteiger partial charge in [0.2, 0.25) is 0 Å². The van der Waals surface area contributed by atoms with E-state index in [-0.39, 0.29) is 10.8 Å². The molecule has 0 N–H and O–H groups in total. The van der Waals surface area contributed by atoms with Gasteiger partial charge < -0.3 is 0 Å². The Hall–Kier alpha value is -0.0800. The highest BCUT2D eigenvalue weighted by molar-refractivity contribution is 9.09. The maximum atomic E-state index is 12.9. The molecule has 0 spiro atoms. The van der Waals surface area contributed by atoms with Gasteiger partial charge in [-0.15, -0.1) is 0 Å². The van der Waals surface area contributed by atoms with Gasteiger partial charge in [-0.25, -0.2) is 4.39 Å². The van der Waals surface area contributed by atoms with Crippen LogP contribution in [0.5, 0.6) is 0 Å². The maximum Gasteiger partial charge on any atom is 0.141 e. The third kappa shape index (κ3) is 3.76. The first kappa shape index (κ1) is 13.0. The molecule has 1 rings (SSSR count). The number of alkyl halides is 1. The van der Waals surface area contributed by atoms with Crippen LogP contribution in [0.15, 0.2) is 18.2 Å². The largest absolute Gasteiger partial charge is 0.205 e. The van der Waals surface area contributed by atoms with Gasteiger partial charge in [0.25, 0.3) is 0 Å². The summed E-state index contributed by atoms with van der Waals surface area (Å²) in [6, 6.07) is 4.96. The predicted octanol–water partition coefficient (Wildman–Crippen LogP) is 4.69. The van der Waals surface area contributed by atoms with Crippen LogP contribution in [0.3, 0.4) is 0 Å². The highest BCUT2D eigenvalue weighted by atomic mass is 79.9. The normalized spacial score (nSPS) is 13.2. The smallest absolute Gasteiger partial charge is 0.141 e. The lowest BCUT2D eigenvalue weighted by Crippen LogP contribution is -2.13. The van der Waals surface area contributed by atoms with Crippen molar-refractivity contribution in [1.29, 1.82) is 0 Å². The van der Waals surface area contributed by atoms with Gasteiger partial charge in [0.15, 0.2) is 0 Å². The van der Waals surface area contributed by atoms with E-state index in [1.54, 1.807) is 12.1 Å². The SMILES string of the molecule is CC(C)C(CBr)Cc1ccc(F)c(Cl)c1. The Balaban J connectivity index is 2.75. The minimum Gasteiger partial charge on any atom is -0.205 e. The Morgan fingerprint density at radius 3 is 2.53 bits per heavy atom. The van der Waals surface area contributed by atoms with E-state index in [4.69, 9.17) is 11.6 Å². The summed E-state index contributed by atoms with van der Waals surface area (Å²) in [7, 11) is 0. The van der Waals surface area contributed by atoms with Crippen LogP contribution in [-0.4, -0.2) is 5.33 Å². The molecule has 84 valence electrons. The molecule has 0 saturated heterocycles. The molecule has 0 radical (unpaired) electrons. The summed E-state index contributed by atoms with van der Waals surface area (Å²) in [5, 5.41) is 1.17. The van der Waals surface area contributed by atoms with Gasteiger partial charge in [-0.1, -0.05) is 47.4 Å². The van der Waals surface area contributed by atoms with E-state index >= 15 is 0 Å². The Morgan fingerprint density at radius 1 is 1.40 bits per heavy atom. The van der Waals surface area contributed by atoms with Gasteiger partial charge in [0, 0.05) is 5.33 Å². The highest BCUT2D eigenvalue weighted by Gasteiger charge is 2.13. The summed E-state index contributed by atoms with van der Waals surface area (Å²) in [5.41, 5.74) is 1.10. The summed E-state index contributed by atoms with van der Waals surface area (Å²) >= 11 is 9.23. The zero-order valence-corrected chi connectivity index (χ0v) is 11.3. The summed E-state index contributed by atoms with van der Waals surface area (Å²) < 4.78 is 12.9. The molecule has 0 bridgehead atoms. The number of hydrogen-bond donors (Lipinski definition) is 0. The first-order chi connectivity index (χ1) is 7.04. The molecule has 0 aliphatic heterocycles. The molecule has 0 aliphatic rings. The van der Waals surface area contributed by atoms with Gasteiger partial charge in [0.05, 0.1) is 5.02 Å². The third-order valence-corrected chi connectivity index (χ3v) is 3.74. The molecule has 0 heterocycles. The van der Waals surface area contributed by atoms with Gasteiger partial charge in [0.1, 0.15) is 5.82 Å². The zero-order chi connectivity index (χ0) is 11.4. The second-order valence-electron chi connectivity index (χ2n) is 4.11. The first-order valence-electron chi connectivity index (χ1n) is 5.04. The molecule has 0 nitrogen and oxygen atoms in total. The first-order valence-corrected chi connectivity index (χ1v) is 6.54. The minimum atomic E-state index is -0.347. The van der Waals surface area contributed by atoms with E-state index in [1.807, 2.05) is 0 Å². The van der Waals surface area contributed by atoms with Crippen molar-refractivity contribution in [3.63, 3.8) is 0 Å². The predicted molar refractivity (Wildman–Crippen MR) is 67.2 cm³/mol. The van der Waals surface area contributed by atoms with Crippen LogP contribution >= 0.6 is 27.5 Å². The number of hydrogen-bond acceptors (Lipinski definition) is 0. The van der Waals surface area contributed by atoms with Crippen molar-refractivity contribution in [1.82, 2.24) is 0 Å². The molecule has 0 amide bonds. The number of benzene rings is 1. The Bertz CT molecular complexity index is 325. The van der Waals surface area contributed by atoms with E-state index in [0.29, 0.717) is 11.8 Å². The molecular formula is C12H15BrClF. The lowest BCUT2D eigenvalue weighted by molar-refractivity contribution is 0.427. The topological polar surface area (TPSA) is 0 Å². The van der Waals surface area contributed by atoms with Crippen molar-refractivity contribution in [2.24, 2.45) is 11.8 Å². The summed E-state index contributed by atoms with van der Waals surface area (Å²) in [6.45, 7) is 4.38. The molecule has 1 unspecified atom stereocenters. The van der Waals surface area contributed by atoms with E-state index in [2.05, 4.69) is 29.8 Å². The van der Waals surface area contributed by atoms with Crippen molar-refractivity contribution in [2.75, 3.05) is 5.33 Å². The van der Waals surface area contributed by atoms with Crippen LogP contribution in [0.4, 0.5) is 4.39 Å². The zero-order valence-electron chi connectivity index (χ0n) is 8.93. The van der Waals surface area contributed by atoms with Crippen LogP contribution < -0.4 is 0 Å². The van der Waals surface area contributed by atoms with Gasteiger partial charge >= 0.3 is 0 Å². The van der Waals surface area contributed by atoms with Crippen molar-refractivity contribution >= 4 is 27.5 Å². The van der Waals surface area contributed by atoms with Crippen molar-refractivity contribution < 1.29 is 4.39 Å². The molecule has 3 heteroatoms. The average molecular weight is 294 g/mol. The second-order valence-corrected chi connectivity index (χ2v) is 5.17. The number of rotatable bonds is 4. The van der Waals surface area contributed by atoms with Gasteiger partial charge in [-0.2, -0.15) is 0 Å². The lowest BCUT2D eigenvalue weighted by Gasteiger charge is -2.18. The fourth-order valence-electron chi connectivity index (χ4n) is 1.44. The third-order valence-electron chi connectivity index (χ3n) is 2.62. The minimum absolute atomic E-state index is 0.213. The number of halogens is 3. The standard InChI is InChI=1S/C12H15BrClF/c1-8(2)10(7-13)5-9-3-4-12(15)11(14)6-9/h3-4,6,8,10H,5,7H2,1-2H3. The van der Waals surface area contributed by atoms with E-state index < -0.39 is 0 Å². The molecule has 15 heavy (non-hydrogen) atoms. The van der Waals surface area contributed by atoms with Crippen molar-refractivity contribution in [2.45, 2.75) is 20.3 Å². The summed E-state index contributed by atoms with van der Waals surface area (Å²) in [4.78, 5) is 0. The van der Waals surface area contributed by atoms with E-state index in [1.165, 1.54) is 6.07 Å². The lowest BCUT2D eigenvalue weighted by atomic mass is 9.91. The van der Waals surface area contributed by atoms with Crippen LogP contribution in [0.1, 0.15) is 19.4 Å². The van der Waals surface area contributed by atoms with Crippen LogP contribution in [0.25, 0.3) is 0 Å². The monoisotopic (exact) mass is 292 g/mol. The fourth-order valence-corrected chi connectivity index (χ4v) is 2.62. The van der Waals surface area contributed by atoms with Crippen molar-refractivity contribution in [3.8, 4) is 0 Å². The quantitative estimate of drug-likeness (QED) is 0.707.